The van der Waals surface area contributed by atoms with Gasteiger partial charge in [0.25, 0.3) is 0 Å². The van der Waals surface area contributed by atoms with E-state index in [9.17, 15) is 8.42 Å². The molecule has 0 radical (unpaired) electrons. The van der Waals surface area contributed by atoms with Crippen molar-refractivity contribution in [2.45, 2.75) is 18.1 Å². The number of sulfone groups is 1. The zero-order valence-corrected chi connectivity index (χ0v) is 13.6. The highest BCUT2D eigenvalue weighted by atomic mass is 32.2. The van der Waals surface area contributed by atoms with Crippen molar-refractivity contribution in [3.63, 3.8) is 0 Å². The molecule has 1 aliphatic carbocycles. The first-order valence-electron chi connectivity index (χ1n) is 7.30. The van der Waals surface area contributed by atoms with Gasteiger partial charge in [0.05, 0.1) is 11.9 Å². The summed E-state index contributed by atoms with van der Waals surface area (Å²) in [5, 5.41) is -0.504. The minimum Gasteiger partial charge on any atom is -0.454 e. The molecule has 1 aromatic carbocycles. The van der Waals surface area contributed by atoms with Crippen LogP contribution < -0.4 is 15.2 Å². The molecule has 1 fully saturated rings. The van der Waals surface area contributed by atoms with Crippen molar-refractivity contribution < 1.29 is 22.6 Å². The third kappa shape index (κ3) is 2.19. The van der Waals surface area contributed by atoms with Gasteiger partial charge in [-0.05, 0) is 17.7 Å². The van der Waals surface area contributed by atoms with Crippen LogP contribution in [0, 0.1) is 5.41 Å². The van der Waals surface area contributed by atoms with Gasteiger partial charge in [-0.2, -0.15) is 0 Å². The van der Waals surface area contributed by atoms with E-state index >= 15 is 0 Å². The van der Waals surface area contributed by atoms with Crippen molar-refractivity contribution in [2.75, 3.05) is 32.8 Å². The molecular formula is C15H21NO5S. The van der Waals surface area contributed by atoms with Gasteiger partial charge in [0, 0.05) is 30.7 Å². The third-order valence-corrected chi connectivity index (χ3v) is 7.04. The van der Waals surface area contributed by atoms with Crippen LogP contribution in [-0.4, -0.2) is 46.5 Å². The SMILES string of the molecule is CCS(=O)(=O)[C@@H]1[C@H](c2ccc3c(c2)OCO3)[C@]1(CN)COC. The monoisotopic (exact) mass is 327 g/mol. The highest BCUT2D eigenvalue weighted by Gasteiger charge is 2.69. The number of benzene rings is 1. The smallest absolute Gasteiger partial charge is 0.231 e. The molecule has 0 saturated heterocycles. The number of methoxy groups -OCH3 is 1. The Labute approximate surface area is 130 Å². The number of hydrogen-bond acceptors (Lipinski definition) is 6. The summed E-state index contributed by atoms with van der Waals surface area (Å²) in [5.41, 5.74) is 6.29. The molecule has 1 aliphatic heterocycles. The van der Waals surface area contributed by atoms with Crippen LogP contribution in [0.2, 0.25) is 0 Å². The second-order valence-electron chi connectivity index (χ2n) is 5.83. The van der Waals surface area contributed by atoms with E-state index in [0.717, 1.165) is 5.56 Å². The molecule has 6 nitrogen and oxygen atoms in total. The Morgan fingerprint density at radius 1 is 1.36 bits per heavy atom. The first-order valence-corrected chi connectivity index (χ1v) is 9.02. The summed E-state index contributed by atoms with van der Waals surface area (Å²) >= 11 is 0. The molecular weight excluding hydrogens is 306 g/mol. The van der Waals surface area contributed by atoms with Gasteiger partial charge < -0.3 is 19.9 Å². The Bertz CT molecular complexity index is 675. The van der Waals surface area contributed by atoms with E-state index in [1.807, 2.05) is 18.2 Å². The largest absolute Gasteiger partial charge is 0.454 e. The van der Waals surface area contributed by atoms with Gasteiger partial charge in [-0.3, -0.25) is 0 Å². The van der Waals surface area contributed by atoms with Crippen LogP contribution in [0.25, 0.3) is 0 Å². The molecule has 1 saturated carbocycles. The van der Waals surface area contributed by atoms with E-state index in [1.54, 1.807) is 14.0 Å². The summed E-state index contributed by atoms with van der Waals surface area (Å²) in [6.45, 7) is 2.45. The lowest BCUT2D eigenvalue weighted by molar-refractivity contribution is 0.142. The molecule has 2 N–H and O–H groups in total. The van der Waals surface area contributed by atoms with Crippen molar-refractivity contribution >= 4 is 9.84 Å². The number of ether oxygens (including phenoxy) is 3. The number of fused-ring (bicyclic) bond motifs is 1. The quantitative estimate of drug-likeness (QED) is 0.835. The maximum absolute atomic E-state index is 12.5. The normalized spacial score (nSPS) is 29.6. The predicted molar refractivity (Wildman–Crippen MR) is 81.9 cm³/mol. The second kappa shape index (κ2) is 5.40. The highest BCUT2D eigenvalue weighted by Crippen LogP contribution is 2.63. The molecule has 7 heteroatoms. The van der Waals surface area contributed by atoms with E-state index in [4.69, 9.17) is 19.9 Å². The molecule has 0 amide bonds. The molecule has 0 spiro atoms. The van der Waals surface area contributed by atoms with Gasteiger partial charge in [-0.1, -0.05) is 13.0 Å². The van der Waals surface area contributed by atoms with Gasteiger partial charge in [0.1, 0.15) is 0 Å². The Hall–Kier alpha value is -1.31. The molecule has 0 aromatic heterocycles. The predicted octanol–water partition coefficient (Wildman–Crippen LogP) is 0.907. The molecule has 0 unspecified atom stereocenters. The first-order chi connectivity index (χ1) is 10.5. The van der Waals surface area contributed by atoms with E-state index in [-0.39, 0.29) is 25.0 Å². The van der Waals surface area contributed by atoms with Crippen LogP contribution in [-0.2, 0) is 14.6 Å². The molecule has 2 aliphatic rings. The molecule has 22 heavy (non-hydrogen) atoms. The van der Waals surface area contributed by atoms with Crippen LogP contribution in [0.4, 0.5) is 0 Å². The molecule has 1 aromatic rings. The molecule has 3 rings (SSSR count). The van der Waals surface area contributed by atoms with Gasteiger partial charge >= 0.3 is 0 Å². The van der Waals surface area contributed by atoms with Crippen molar-refractivity contribution in [1.29, 1.82) is 0 Å². The maximum Gasteiger partial charge on any atom is 0.231 e. The van der Waals surface area contributed by atoms with Crippen LogP contribution in [0.15, 0.2) is 18.2 Å². The summed E-state index contributed by atoms with van der Waals surface area (Å²) in [6, 6.07) is 5.57. The Morgan fingerprint density at radius 3 is 2.73 bits per heavy atom. The summed E-state index contributed by atoms with van der Waals surface area (Å²) in [4.78, 5) is 0. The zero-order chi connectivity index (χ0) is 16.0. The highest BCUT2D eigenvalue weighted by molar-refractivity contribution is 7.92. The van der Waals surface area contributed by atoms with Crippen LogP contribution in [0.3, 0.4) is 0 Å². The summed E-state index contributed by atoms with van der Waals surface area (Å²) < 4.78 is 40.9. The summed E-state index contributed by atoms with van der Waals surface area (Å²) in [6.07, 6.45) is 0. The van der Waals surface area contributed by atoms with E-state index in [1.165, 1.54) is 0 Å². The molecule has 0 bridgehead atoms. The Morgan fingerprint density at radius 2 is 2.09 bits per heavy atom. The standard InChI is InChI=1S/C15H21NO5S/c1-3-22(17,18)14-13(15(14,7-16)8-19-2)10-4-5-11-12(6-10)21-9-20-11/h4-6,13-14H,3,7-9,16H2,1-2H3/t13-,14+,15-/m0/s1. The van der Waals surface area contributed by atoms with E-state index in [0.29, 0.717) is 18.1 Å². The van der Waals surface area contributed by atoms with Crippen LogP contribution in [0.5, 0.6) is 11.5 Å². The fourth-order valence-electron chi connectivity index (χ4n) is 3.55. The maximum atomic E-state index is 12.5. The summed E-state index contributed by atoms with van der Waals surface area (Å²) in [7, 11) is -1.64. The Balaban J connectivity index is 2.00. The zero-order valence-electron chi connectivity index (χ0n) is 12.7. The minimum absolute atomic E-state index is 0.101. The van der Waals surface area contributed by atoms with Gasteiger partial charge in [0.15, 0.2) is 21.3 Å². The average molecular weight is 327 g/mol. The first kappa shape index (κ1) is 15.6. The van der Waals surface area contributed by atoms with Crippen LogP contribution in [0.1, 0.15) is 18.4 Å². The van der Waals surface area contributed by atoms with E-state index in [2.05, 4.69) is 0 Å². The van der Waals surface area contributed by atoms with Crippen LogP contribution >= 0.6 is 0 Å². The second-order valence-corrected chi connectivity index (χ2v) is 8.24. The number of hydrogen-bond donors (Lipinski definition) is 1. The van der Waals surface area contributed by atoms with Crippen molar-refractivity contribution in [3.8, 4) is 11.5 Å². The summed E-state index contributed by atoms with van der Waals surface area (Å²) in [5.74, 6) is 1.27. The number of nitrogens with two attached hydrogens (primary N) is 1. The fourth-order valence-corrected chi connectivity index (χ4v) is 5.70. The van der Waals surface area contributed by atoms with Crippen molar-refractivity contribution in [1.82, 2.24) is 0 Å². The topological polar surface area (TPSA) is 87.9 Å². The third-order valence-electron chi connectivity index (χ3n) is 4.72. The lowest BCUT2D eigenvalue weighted by atomic mass is 9.99. The lowest BCUT2D eigenvalue weighted by Gasteiger charge is -2.14. The molecule has 3 atom stereocenters. The van der Waals surface area contributed by atoms with Gasteiger partial charge in [-0.15, -0.1) is 0 Å². The van der Waals surface area contributed by atoms with Crippen molar-refractivity contribution in [2.24, 2.45) is 11.1 Å². The Kier molecular flexibility index (Phi) is 3.82. The lowest BCUT2D eigenvalue weighted by Crippen LogP contribution is -2.28. The average Bonchev–Trinajstić information content (AvgIpc) is 2.96. The molecule has 122 valence electrons. The van der Waals surface area contributed by atoms with Gasteiger partial charge in [-0.25, -0.2) is 8.42 Å². The fraction of sp³-hybridized carbons (Fsp3) is 0.600. The minimum atomic E-state index is -3.21. The number of rotatable bonds is 6. The van der Waals surface area contributed by atoms with Gasteiger partial charge in [0.2, 0.25) is 6.79 Å². The van der Waals surface area contributed by atoms with Crippen molar-refractivity contribution in [3.05, 3.63) is 23.8 Å². The van der Waals surface area contributed by atoms with E-state index < -0.39 is 20.5 Å². The molecule has 1 heterocycles.